The molecule has 1 rings (SSSR count). The Morgan fingerprint density at radius 1 is 1.56 bits per heavy atom. The number of rotatable bonds is 7. The zero-order chi connectivity index (χ0) is 13.6. The maximum atomic E-state index is 10.5. The first kappa shape index (κ1) is 14.1. The summed E-state index contributed by atoms with van der Waals surface area (Å²) in [6, 6.07) is 5.73. The summed E-state index contributed by atoms with van der Waals surface area (Å²) in [6.45, 7) is 5.78. The molecule has 0 bridgehead atoms. The van der Waals surface area contributed by atoms with E-state index in [1.54, 1.807) is 6.92 Å². The van der Waals surface area contributed by atoms with Gasteiger partial charge in [0.05, 0.1) is 17.8 Å². The average molecular weight is 252 g/mol. The first-order valence-electron chi connectivity index (χ1n) is 5.42. The number of ether oxygens (including phenoxy) is 1. The molecule has 0 aromatic heterocycles. The molecule has 0 saturated heterocycles. The number of hydrogen-bond acceptors (Lipinski definition) is 5. The highest BCUT2D eigenvalue weighted by Gasteiger charge is 2.22. The van der Waals surface area contributed by atoms with Gasteiger partial charge in [0, 0.05) is 18.7 Å². The third-order valence-corrected chi connectivity index (χ3v) is 2.45. The molecule has 0 aliphatic rings. The lowest BCUT2D eigenvalue weighted by atomic mass is 10.0. The summed E-state index contributed by atoms with van der Waals surface area (Å²) in [6.07, 6.45) is 1.32. The van der Waals surface area contributed by atoms with Crippen molar-refractivity contribution in [2.75, 3.05) is 13.2 Å². The van der Waals surface area contributed by atoms with Crippen LogP contribution in [0, 0.1) is 10.1 Å². The summed E-state index contributed by atoms with van der Waals surface area (Å²) in [5.41, 5.74) is -0.726. The second kappa shape index (κ2) is 6.13. The lowest BCUT2D eigenvalue weighted by Gasteiger charge is -2.25. The molecule has 0 heterocycles. The highest BCUT2D eigenvalue weighted by atomic mass is 16.6. The molecule has 0 aliphatic heterocycles. The Morgan fingerprint density at radius 2 is 2.17 bits per heavy atom. The Morgan fingerprint density at radius 3 is 2.67 bits per heavy atom. The monoisotopic (exact) mass is 252 g/mol. The van der Waals surface area contributed by atoms with Crippen LogP contribution in [0.4, 0.5) is 5.69 Å². The van der Waals surface area contributed by atoms with Crippen LogP contribution in [0.2, 0.25) is 0 Å². The van der Waals surface area contributed by atoms with Gasteiger partial charge < -0.3 is 9.84 Å². The van der Waals surface area contributed by atoms with E-state index in [9.17, 15) is 15.2 Å². The molecular weight excluding hydrogens is 236 g/mol. The minimum atomic E-state index is -1.26. The van der Waals surface area contributed by atoms with Crippen molar-refractivity contribution in [1.82, 2.24) is 5.32 Å². The minimum absolute atomic E-state index is 0.00968. The van der Waals surface area contributed by atoms with E-state index in [0.29, 0.717) is 18.7 Å². The highest BCUT2D eigenvalue weighted by Crippen LogP contribution is 2.20. The molecule has 0 spiro atoms. The van der Waals surface area contributed by atoms with Crippen molar-refractivity contribution in [3.05, 3.63) is 52.8 Å². The van der Waals surface area contributed by atoms with Crippen molar-refractivity contribution < 1.29 is 14.8 Å². The SMILES string of the molecule is C=COCCNC(C)(O)c1ccc([N+](=O)[O-])cc1. The average Bonchev–Trinajstić information content (AvgIpc) is 2.35. The van der Waals surface area contributed by atoms with Crippen molar-refractivity contribution in [3.8, 4) is 0 Å². The van der Waals surface area contributed by atoms with Crippen LogP contribution < -0.4 is 5.32 Å². The quantitative estimate of drug-likeness (QED) is 0.252. The first-order chi connectivity index (χ1) is 8.47. The maximum Gasteiger partial charge on any atom is 0.269 e. The van der Waals surface area contributed by atoms with Gasteiger partial charge in [-0.1, -0.05) is 6.58 Å². The van der Waals surface area contributed by atoms with Crippen molar-refractivity contribution in [2.45, 2.75) is 12.6 Å². The van der Waals surface area contributed by atoms with Crippen LogP contribution in [-0.2, 0) is 10.5 Å². The lowest BCUT2D eigenvalue weighted by Crippen LogP contribution is -2.41. The van der Waals surface area contributed by atoms with Gasteiger partial charge >= 0.3 is 0 Å². The number of hydrogen-bond donors (Lipinski definition) is 2. The van der Waals surface area contributed by atoms with Crippen molar-refractivity contribution in [1.29, 1.82) is 0 Å². The van der Waals surface area contributed by atoms with Crippen LogP contribution in [0.15, 0.2) is 37.1 Å². The fourth-order valence-corrected chi connectivity index (χ4v) is 1.45. The van der Waals surface area contributed by atoms with Crippen molar-refractivity contribution >= 4 is 5.69 Å². The second-order valence-corrected chi connectivity index (χ2v) is 3.84. The summed E-state index contributed by atoms with van der Waals surface area (Å²) in [7, 11) is 0. The molecule has 2 N–H and O–H groups in total. The Kier molecular flexibility index (Phi) is 4.82. The van der Waals surface area contributed by atoms with E-state index in [1.807, 2.05) is 0 Å². The molecule has 1 unspecified atom stereocenters. The molecular formula is C12H16N2O4. The smallest absolute Gasteiger partial charge is 0.269 e. The predicted octanol–water partition coefficient (Wildman–Crippen LogP) is 1.51. The van der Waals surface area contributed by atoms with E-state index in [1.165, 1.54) is 30.5 Å². The molecule has 1 aromatic carbocycles. The van der Waals surface area contributed by atoms with Gasteiger partial charge in [0.1, 0.15) is 5.72 Å². The number of nitrogens with zero attached hydrogens (tertiary/aromatic N) is 1. The number of nitro groups is 1. The van der Waals surface area contributed by atoms with E-state index in [-0.39, 0.29) is 5.69 Å². The topological polar surface area (TPSA) is 84.6 Å². The van der Waals surface area contributed by atoms with Crippen LogP contribution in [0.5, 0.6) is 0 Å². The van der Waals surface area contributed by atoms with Gasteiger partial charge in [-0.15, -0.1) is 0 Å². The van der Waals surface area contributed by atoms with E-state index < -0.39 is 10.6 Å². The third-order valence-electron chi connectivity index (χ3n) is 2.45. The standard InChI is InChI=1S/C12H16N2O4/c1-3-18-9-8-13-12(2,15)10-4-6-11(7-5-10)14(16)17/h3-7,13,15H,1,8-9H2,2H3. The van der Waals surface area contributed by atoms with Crippen LogP contribution >= 0.6 is 0 Å². The summed E-state index contributed by atoms with van der Waals surface area (Å²) in [4.78, 5) is 10.0. The number of aliphatic hydroxyl groups is 1. The predicted molar refractivity (Wildman–Crippen MR) is 66.8 cm³/mol. The van der Waals surface area contributed by atoms with Gasteiger partial charge in [-0.3, -0.25) is 15.4 Å². The fraction of sp³-hybridized carbons (Fsp3) is 0.333. The number of nitrogens with one attached hydrogen (secondary N) is 1. The zero-order valence-corrected chi connectivity index (χ0v) is 10.1. The highest BCUT2D eigenvalue weighted by molar-refractivity contribution is 5.34. The molecule has 18 heavy (non-hydrogen) atoms. The largest absolute Gasteiger partial charge is 0.500 e. The van der Waals surface area contributed by atoms with Gasteiger partial charge in [-0.25, -0.2) is 0 Å². The third kappa shape index (κ3) is 3.83. The molecule has 0 fully saturated rings. The van der Waals surface area contributed by atoms with Gasteiger partial charge in [-0.05, 0) is 24.6 Å². The first-order valence-corrected chi connectivity index (χ1v) is 5.42. The van der Waals surface area contributed by atoms with Crippen LogP contribution in [0.3, 0.4) is 0 Å². The molecule has 1 atom stereocenters. The van der Waals surface area contributed by atoms with E-state index >= 15 is 0 Å². The molecule has 0 radical (unpaired) electrons. The van der Waals surface area contributed by atoms with Gasteiger partial charge in [-0.2, -0.15) is 0 Å². The Bertz CT molecular complexity index is 415. The van der Waals surface area contributed by atoms with E-state index in [0.717, 1.165) is 0 Å². The summed E-state index contributed by atoms with van der Waals surface area (Å²) >= 11 is 0. The Hall–Kier alpha value is -1.92. The normalized spacial score (nSPS) is 13.7. The van der Waals surface area contributed by atoms with Gasteiger partial charge in [0.2, 0.25) is 0 Å². The van der Waals surface area contributed by atoms with Crippen LogP contribution in [0.1, 0.15) is 12.5 Å². The number of benzene rings is 1. The minimum Gasteiger partial charge on any atom is -0.500 e. The molecule has 6 heteroatoms. The molecule has 6 nitrogen and oxygen atoms in total. The molecule has 98 valence electrons. The van der Waals surface area contributed by atoms with Crippen LogP contribution in [0.25, 0.3) is 0 Å². The molecule has 0 saturated carbocycles. The number of non-ortho nitro benzene ring substituents is 1. The van der Waals surface area contributed by atoms with Crippen LogP contribution in [-0.4, -0.2) is 23.2 Å². The fourth-order valence-electron chi connectivity index (χ4n) is 1.45. The molecule has 1 aromatic rings. The summed E-state index contributed by atoms with van der Waals surface area (Å²) in [5.74, 6) is 0. The van der Waals surface area contributed by atoms with Crippen molar-refractivity contribution in [2.24, 2.45) is 0 Å². The van der Waals surface area contributed by atoms with E-state index in [2.05, 4.69) is 11.9 Å². The number of nitro benzene ring substituents is 1. The summed E-state index contributed by atoms with van der Waals surface area (Å²) in [5, 5.41) is 23.5. The van der Waals surface area contributed by atoms with E-state index in [4.69, 9.17) is 4.74 Å². The maximum absolute atomic E-state index is 10.5. The zero-order valence-electron chi connectivity index (χ0n) is 10.1. The Labute approximate surface area is 105 Å². The van der Waals surface area contributed by atoms with Crippen molar-refractivity contribution in [3.63, 3.8) is 0 Å². The summed E-state index contributed by atoms with van der Waals surface area (Å²) < 4.78 is 4.92. The van der Waals surface area contributed by atoms with Gasteiger partial charge in [0.25, 0.3) is 5.69 Å². The van der Waals surface area contributed by atoms with Gasteiger partial charge in [0.15, 0.2) is 0 Å². The lowest BCUT2D eigenvalue weighted by molar-refractivity contribution is -0.384. The molecule has 0 aliphatic carbocycles. The Balaban J connectivity index is 2.66. The molecule has 0 amide bonds. The second-order valence-electron chi connectivity index (χ2n) is 3.84.